The van der Waals surface area contributed by atoms with Crippen LogP contribution < -0.4 is 10.2 Å². The van der Waals surface area contributed by atoms with Crippen LogP contribution in [-0.4, -0.2) is 42.4 Å². The van der Waals surface area contributed by atoms with Crippen molar-refractivity contribution in [3.63, 3.8) is 0 Å². The van der Waals surface area contributed by atoms with Crippen LogP contribution in [0.3, 0.4) is 0 Å². The number of carbonyl (C=O) groups excluding carboxylic acids is 1. The zero-order chi connectivity index (χ0) is 21.7. The average Bonchev–Trinajstić information content (AvgIpc) is 2.74. The molecule has 0 saturated carbocycles. The van der Waals surface area contributed by atoms with Gasteiger partial charge >= 0.3 is 0 Å². The Balaban J connectivity index is 1.71. The van der Waals surface area contributed by atoms with E-state index in [4.69, 9.17) is 0 Å². The first-order valence-corrected chi connectivity index (χ1v) is 10.4. The quantitative estimate of drug-likeness (QED) is 0.552. The molecule has 0 spiro atoms. The molecule has 0 radical (unpaired) electrons. The minimum absolute atomic E-state index is 0.0767. The fourth-order valence-corrected chi connectivity index (χ4v) is 3.96. The van der Waals surface area contributed by atoms with Crippen LogP contribution in [-0.2, 0) is 13.1 Å². The molecule has 2 aromatic carbocycles. The standard InChI is InChI=1S/C23H30N4O3/c1-17-8-6-7-13-26(17)16-20-10-5-4-9-19(20)15-24-23(28)18-11-12-21(25(2)3)22(14-18)27(29)30/h4-5,9-12,14,17H,6-8,13,15-16H2,1-3H3,(H,24,28). The highest BCUT2D eigenvalue weighted by atomic mass is 16.6. The second-order valence-electron chi connectivity index (χ2n) is 8.12. The van der Waals surface area contributed by atoms with E-state index in [-0.39, 0.29) is 17.2 Å². The first kappa shape index (κ1) is 21.8. The van der Waals surface area contributed by atoms with Crippen molar-refractivity contribution in [2.75, 3.05) is 25.5 Å². The fourth-order valence-electron chi connectivity index (χ4n) is 3.96. The van der Waals surface area contributed by atoms with Gasteiger partial charge in [-0.15, -0.1) is 0 Å². The highest BCUT2D eigenvalue weighted by molar-refractivity contribution is 5.95. The van der Waals surface area contributed by atoms with Crippen LogP contribution in [0, 0.1) is 10.1 Å². The number of hydrogen-bond donors (Lipinski definition) is 1. The number of rotatable bonds is 7. The summed E-state index contributed by atoms with van der Waals surface area (Å²) in [5, 5.41) is 14.3. The monoisotopic (exact) mass is 410 g/mol. The summed E-state index contributed by atoms with van der Waals surface area (Å²) in [6.07, 6.45) is 3.74. The lowest BCUT2D eigenvalue weighted by atomic mass is 10.0. The third-order valence-corrected chi connectivity index (χ3v) is 5.79. The molecular formula is C23H30N4O3. The highest BCUT2D eigenvalue weighted by Crippen LogP contribution is 2.27. The van der Waals surface area contributed by atoms with E-state index in [2.05, 4.69) is 23.2 Å². The van der Waals surface area contributed by atoms with Crippen molar-refractivity contribution in [2.24, 2.45) is 0 Å². The number of nitrogens with zero attached hydrogens (tertiary/aromatic N) is 3. The van der Waals surface area contributed by atoms with E-state index in [0.29, 0.717) is 18.3 Å². The molecule has 0 bridgehead atoms. The van der Waals surface area contributed by atoms with Crippen LogP contribution in [0.4, 0.5) is 11.4 Å². The van der Waals surface area contributed by atoms with E-state index < -0.39 is 4.92 Å². The summed E-state index contributed by atoms with van der Waals surface area (Å²) >= 11 is 0. The lowest BCUT2D eigenvalue weighted by Gasteiger charge is -2.33. The zero-order valence-electron chi connectivity index (χ0n) is 17.9. The van der Waals surface area contributed by atoms with Crippen LogP contribution in [0.15, 0.2) is 42.5 Å². The van der Waals surface area contributed by atoms with E-state index in [1.165, 1.54) is 30.9 Å². The summed E-state index contributed by atoms with van der Waals surface area (Å²) in [5.41, 5.74) is 2.96. The second kappa shape index (κ2) is 9.71. The van der Waals surface area contributed by atoms with Gasteiger partial charge in [0, 0.05) is 44.9 Å². The molecule has 1 aliphatic heterocycles. The number of benzene rings is 2. The zero-order valence-corrected chi connectivity index (χ0v) is 17.9. The molecule has 1 unspecified atom stereocenters. The van der Waals surface area contributed by atoms with E-state index >= 15 is 0 Å². The highest BCUT2D eigenvalue weighted by Gasteiger charge is 2.20. The largest absolute Gasteiger partial charge is 0.372 e. The van der Waals surface area contributed by atoms with Crippen LogP contribution >= 0.6 is 0 Å². The van der Waals surface area contributed by atoms with Gasteiger partial charge in [0.2, 0.25) is 0 Å². The van der Waals surface area contributed by atoms with Crippen molar-refractivity contribution in [1.82, 2.24) is 10.2 Å². The fraction of sp³-hybridized carbons (Fsp3) is 0.435. The van der Waals surface area contributed by atoms with Gasteiger partial charge in [-0.05, 0) is 49.6 Å². The van der Waals surface area contributed by atoms with Crippen molar-refractivity contribution in [1.29, 1.82) is 0 Å². The maximum Gasteiger partial charge on any atom is 0.293 e. The Hall–Kier alpha value is -2.93. The molecule has 1 heterocycles. The summed E-state index contributed by atoms with van der Waals surface area (Å²) in [6, 6.07) is 13.3. The summed E-state index contributed by atoms with van der Waals surface area (Å²) < 4.78 is 0. The van der Waals surface area contributed by atoms with E-state index in [1.54, 1.807) is 31.1 Å². The normalized spacial score (nSPS) is 16.8. The maximum absolute atomic E-state index is 12.7. The van der Waals surface area contributed by atoms with Gasteiger partial charge < -0.3 is 10.2 Å². The predicted octanol–water partition coefficient (Wildman–Crippen LogP) is 3.97. The summed E-state index contributed by atoms with van der Waals surface area (Å²) in [7, 11) is 3.48. The van der Waals surface area contributed by atoms with Crippen molar-refractivity contribution in [3.05, 3.63) is 69.3 Å². The summed E-state index contributed by atoms with van der Waals surface area (Å²) in [5.74, 6) is -0.315. The number of anilines is 1. The summed E-state index contributed by atoms with van der Waals surface area (Å²) in [6.45, 7) is 4.63. The number of amides is 1. The second-order valence-corrected chi connectivity index (χ2v) is 8.12. The topological polar surface area (TPSA) is 78.7 Å². The average molecular weight is 411 g/mol. The van der Waals surface area contributed by atoms with Crippen LogP contribution in [0.5, 0.6) is 0 Å². The van der Waals surface area contributed by atoms with Gasteiger partial charge in [0.05, 0.1) is 4.92 Å². The van der Waals surface area contributed by atoms with Crippen molar-refractivity contribution in [2.45, 2.75) is 45.3 Å². The Labute approximate surface area is 177 Å². The molecule has 1 saturated heterocycles. The van der Waals surface area contributed by atoms with Crippen LogP contribution in [0.2, 0.25) is 0 Å². The lowest BCUT2D eigenvalue weighted by molar-refractivity contribution is -0.384. The van der Waals surface area contributed by atoms with E-state index in [0.717, 1.165) is 18.7 Å². The first-order chi connectivity index (χ1) is 14.4. The molecule has 3 rings (SSSR count). The molecule has 1 atom stereocenters. The van der Waals surface area contributed by atoms with E-state index in [9.17, 15) is 14.9 Å². The molecule has 0 aliphatic carbocycles. The maximum atomic E-state index is 12.7. The predicted molar refractivity (Wildman–Crippen MR) is 119 cm³/mol. The van der Waals surface area contributed by atoms with Gasteiger partial charge in [-0.1, -0.05) is 30.7 Å². The molecule has 0 aromatic heterocycles. The third kappa shape index (κ3) is 5.16. The molecule has 30 heavy (non-hydrogen) atoms. The Morgan fingerprint density at radius 3 is 2.60 bits per heavy atom. The van der Waals surface area contributed by atoms with Crippen molar-refractivity contribution < 1.29 is 9.72 Å². The third-order valence-electron chi connectivity index (χ3n) is 5.79. The van der Waals surface area contributed by atoms with Crippen molar-refractivity contribution >= 4 is 17.3 Å². The smallest absolute Gasteiger partial charge is 0.293 e. The van der Waals surface area contributed by atoms with Crippen molar-refractivity contribution in [3.8, 4) is 0 Å². The molecule has 7 nitrogen and oxygen atoms in total. The number of hydrogen-bond acceptors (Lipinski definition) is 5. The van der Waals surface area contributed by atoms with Gasteiger partial charge in [0.25, 0.3) is 11.6 Å². The SMILES string of the molecule is CC1CCCCN1Cc1ccccc1CNC(=O)c1ccc(N(C)C)c([N+](=O)[O-])c1. The number of nitro groups is 1. The minimum atomic E-state index is -0.457. The molecule has 1 fully saturated rings. The summed E-state index contributed by atoms with van der Waals surface area (Å²) in [4.78, 5) is 27.8. The molecule has 160 valence electrons. The number of carbonyl (C=O) groups is 1. The molecular weight excluding hydrogens is 380 g/mol. The van der Waals surface area contributed by atoms with Gasteiger partial charge in [0.15, 0.2) is 0 Å². The number of nitro benzene ring substituents is 1. The van der Waals surface area contributed by atoms with Gasteiger partial charge in [-0.25, -0.2) is 0 Å². The molecule has 1 N–H and O–H groups in total. The van der Waals surface area contributed by atoms with Gasteiger partial charge in [-0.2, -0.15) is 0 Å². The lowest BCUT2D eigenvalue weighted by Crippen LogP contribution is -2.37. The molecule has 2 aromatic rings. The van der Waals surface area contributed by atoms with Gasteiger partial charge in [0.1, 0.15) is 5.69 Å². The van der Waals surface area contributed by atoms with Crippen LogP contribution in [0.1, 0.15) is 47.7 Å². The molecule has 1 amide bonds. The Morgan fingerprint density at radius 1 is 1.20 bits per heavy atom. The molecule has 1 aliphatic rings. The van der Waals surface area contributed by atoms with Crippen LogP contribution in [0.25, 0.3) is 0 Å². The Morgan fingerprint density at radius 2 is 1.93 bits per heavy atom. The first-order valence-electron chi connectivity index (χ1n) is 10.4. The number of nitrogens with one attached hydrogen (secondary N) is 1. The number of piperidine rings is 1. The molecule has 7 heteroatoms. The Bertz CT molecular complexity index is 913. The Kier molecular flexibility index (Phi) is 7.05. The minimum Gasteiger partial charge on any atom is -0.372 e. The number of likely N-dealkylation sites (tertiary alicyclic amines) is 1. The van der Waals surface area contributed by atoms with E-state index in [1.807, 2.05) is 18.2 Å². The van der Waals surface area contributed by atoms with Gasteiger partial charge in [-0.3, -0.25) is 19.8 Å².